The molecule has 1 saturated heterocycles. The molecule has 2 rings (SSSR count). The Morgan fingerprint density at radius 2 is 2.24 bits per heavy atom. The predicted octanol–water partition coefficient (Wildman–Crippen LogP) is 2.59. The van der Waals surface area contributed by atoms with Gasteiger partial charge in [-0.3, -0.25) is 0 Å². The van der Waals surface area contributed by atoms with Gasteiger partial charge >= 0.3 is 0 Å². The molecule has 1 aromatic heterocycles. The van der Waals surface area contributed by atoms with Crippen LogP contribution in [0.3, 0.4) is 0 Å². The van der Waals surface area contributed by atoms with E-state index in [1.165, 1.54) is 18.4 Å². The number of ether oxygens (including phenoxy) is 1. The summed E-state index contributed by atoms with van der Waals surface area (Å²) in [5.41, 5.74) is 1.39. The van der Waals surface area contributed by atoms with E-state index in [1.54, 1.807) is 0 Å². The molecule has 0 radical (unpaired) electrons. The number of hydrogen-bond donors (Lipinski definition) is 1. The third kappa shape index (κ3) is 3.58. The number of hydrogen-bond acceptors (Lipinski definition) is 2. The van der Waals surface area contributed by atoms with Gasteiger partial charge in [0.2, 0.25) is 0 Å². The van der Waals surface area contributed by atoms with E-state index >= 15 is 0 Å². The fourth-order valence-electron chi connectivity index (χ4n) is 2.48. The molecule has 0 spiro atoms. The predicted molar refractivity (Wildman–Crippen MR) is 70.1 cm³/mol. The number of aromatic nitrogens is 1. The lowest BCUT2D eigenvalue weighted by molar-refractivity contribution is 0.0613. The van der Waals surface area contributed by atoms with Crippen LogP contribution >= 0.6 is 0 Å². The van der Waals surface area contributed by atoms with Crippen LogP contribution in [0.4, 0.5) is 0 Å². The zero-order valence-corrected chi connectivity index (χ0v) is 11.0. The molecule has 1 aromatic rings. The van der Waals surface area contributed by atoms with Gasteiger partial charge in [-0.25, -0.2) is 0 Å². The minimum atomic E-state index is 0.455. The van der Waals surface area contributed by atoms with E-state index in [2.05, 4.69) is 42.2 Å². The highest BCUT2D eigenvalue weighted by atomic mass is 16.5. The van der Waals surface area contributed by atoms with Crippen molar-refractivity contribution in [1.82, 2.24) is 9.88 Å². The summed E-state index contributed by atoms with van der Waals surface area (Å²) in [6, 6.07) is 2.68. The van der Waals surface area contributed by atoms with Gasteiger partial charge in [-0.15, -0.1) is 0 Å². The van der Waals surface area contributed by atoms with E-state index in [1.807, 2.05) is 0 Å². The van der Waals surface area contributed by atoms with Crippen molar-refractivity contribution < 1.29 is 4.74 Å². The van der Waals surface area contributed by atoms with Crippen LogP contribution < -0.4 is 5.32 Å². The molecule has 0 saturated carbocycles. The van der Waals surface area contributed by atoms with E-state index in [4.69, 9.17) is 4.74 Å². The topological polar surface area (TPSA) is 26.2 Å². The highest BCUT2D eigenvalue weighted by molar-refractivity contribution is 5.14. The van der Waals surface area contributed by atoms with Gasteiger partial charge in [0.15, 0.2) is 0 Å². The summed E-state index contributed by atoms with van der Waals surface area (Å²) in [6.07, 6.45) is 6.90. The molecule has 0 aliphatic carbocycles. The molecule has 17 heavy (non-hydrogen) atoms. The first-order valence-corrected chi connectivity index (χ1v) is 6.76. The van der Waals surface area contributed by atoms with E-state index in [0.717, 1.165) is 32.2 Å². The molecule has 1 unspecified atom stereocenters. The molecule has 1 aliphatic rings. The first kappa shape index (κ1) is 12.7. The van der Waals surface area contributed by atoms with Crippen LogP contribution in [0, 0.1) is 5.92 Å². The van der Waals surface area contributed by atoms with Gasteiger partial charge in [0.25, 0.3) is 0 Å². The molecule has 3 nitrogen and oxygen atoms in total. The largest absolute Gasteiger partial charge is 0.381 e. The standard InChI is InChI=1S/C14H24N2O/c1-3-15-12(2)14-4-7-16(11-14)10-13-5-8-17-9-6-13/h4,7,11-13,15H,3,5-6,8-10H2,1-2H3. The Kier molecular flexibility index (Phi) is 4.63. The summed E-state index contributed by atoms with van der Waals surface area (Å²) in [7, 11) is 0. The van der Waals surface area contributed by atoms with Crippen molar-refractivity contribution in [3.63, 3.8) is 0 Å². The van der Waals surface area contributed by atoms with Crippen LogP contribution in [0.5, 0.6) is 0 Å². The molecule has 96 valence electrons. The molecular formula is C14H24N2O. The Morgan fingerprint density at radius 1 is 1.47 bits per heavy atom. The first-order valence-electron chi connectivity index (χ1n) is 6.76. The quantitative estimate of drug-likeness (QED) is 0.850. The summed E-state index contributed by atoms with van der Waals surface area (Å²) in [6.45, 7) is 8.40. The third-order valence-corrected chi connectivity index (χ3v) is 3.59. The maximum Gasteiger partial charge on any atom is 0.0469 e. The lowest BCUT2D eigenvalue weighted by Gasteiger charge is -2.22. The second-order valence-electron chi connectivity index (χ2n) is 4.98. The summed E-state index contributed by atoms with van der Waals surface area (Å²) < 4.78 is 7.73. The molecule has 0 amide bonds. The maximum atomic E-state index is 5.39. The number of nitrogens with zero attached hydrogens (tertiary/aromatic N) is 1. The smallest absolute Gasteiger partial charge is 0.0469 e. The van der Waals surface area contributed by atoms with Crippen molar-refractivity contribution in [3.05, 3.63) is 24.0 Å². The normalized spacial score (nSPS) is 19.4. The van der Waals surface area contributed by atoms with Crippen molar-refractivity contribution in [1.29, 1.82) is 0 Å². The SMILES string of the molecule is CCNC(C)c1ccn(CC2CCOCC2)c1. The molecule has 1 atom stereocenters. The Bertz CT molecular complexity index is 329. The fraction of sp³-hybridized carbons (Fsp3) is 0.714. The minimum Gasteiger partial charge on any atom is -0.381 e. The van der Waals surface area contributed by atoms with Crippen molar-refractivity contribution in [3.8, 4) is 0 Å². The van der Waals surface area contributed by atoms with Gasteiger partial charge in [0.05, 0.1) is 0 Å². The fourth-order valence-corrected chi connectivity index (χ4v) is 2.48. The molecule has 1 fully saturated rings. The van der Waals surface area contributed by atoms with Crippen LogP contribution in [0.15, 0.2) is 18.5 Å². The van der Waals surface area contributed by atoms with Crippen LogP contribution in [0.2, 0.25) is 0 Å². The Labute approximate surface area is 104 Å². The first-order chi connectivity index (χ1) is 8.29. The zero-order chi connectivity index (χ0) is 12.1. The average Bonchev–Trinajstić information content (AvgIpc) is 2.79. The van der Waals surface area contributed by atoms with Crippen molar-refractivity contribution in [2.24, 2.45) is 5.92 Å². The third-order valence-electron chi connectivity index (χ3n) is 3.59. The van der Waals surface area contributed by atoms with Crippen LogP contribution in [0.1, 0.15) is 38.3 Å². The van der Waals surface area contributed by atoms with Gasteiger partial charge < -0.3 is 14.6 Å². The van der Waals surface area contributed by atoms with Gasteiger partial charge in [-0.05, 0) is 43.9 Å². The van der Waals surface area contributed by atoms with Crippen LogP contribution in [-0.4, -0.2) is 24.3 Å². The monoisotopic (exact) mass is 236 g/mol. The summed E-state index contributed by atoms with van der Waals surface area (Å²) in [5, 5.41) is 3.45. The van der Waals surface area contributed by atoms with Gasteiger partial charge in [0.1, 0.15) is 0 Å². The van der Waals surface area contributed by atoms with E-state index in [9.17, 15) is 0 Å². The molecule has 0 bridgehead atoms. The van der Waals surface area contributed by atoms with Crippen LogP contribution in [0.25, 0.3) is 0 Å². The molecule has 2 heterocycles. The van der Waals surface area contributed by atoms with E-state index in [-0.39, 0.29) is 0 Å². The van der Waals surface area contributed by atoms with Gasteiger partial charge in [-0.2, -0.15) is 0 Å². The lowest BCUT2D eigenvalue weighted by atomic mass is 10.0. The molecule has 3 heteroatoms. The Balaban J connectivity index is 1.88. The number of nitrogens with one attached hydrogen (secondary N) is 1. The minimum absolute atomic E-state index is 0.455. The lowest BCUT2D eigenvalue weighted by Crippen LogP contribution is -2.20. The van der Waals surface area contributed by atoms with Gasteiger partial charge in [0, 0.05) is 38.2 Å². The maximum absolute atomic E-state index is 5.39. The van der Waals surface area contributed by atoms with E-state index in [0.29, 0.717) is 6.04 Å². The van der Waals surface area contributed by atoms with Crippen molar-refractivity contribution in [2.75, 3.05) is 19.8 Å². The van der Waals surface area contributed by atoms with Gasteiger partial charge in [-0.1, -0.05) is 6.92 Å². The Hall–Kier alpha value is -0.800. The summed E-state index contributed by atoms with van der Waals surface area (Å²) >= 11 is 0. The Morgan fingerprint density at radius 3 is 2.94 bits per heavy atom. The highest BCUT2D eigenvalue weighted by Gasteiger charge is 2.14. The highest BCUT2D eigenvalue weighted by Crippen LogP contribution is 2.19. The van der Waals surface area contributed by atoms with Crippen molar-refractivity contribution in [2.45, 2.75) is 39.3 Å². The molecule has 1 N–H and O–H groups in total. The number of rotatable bonds is 5. The second-order valence-corrected chi connectivity index (χ2v) is 4.98. The zero-order valence-electron chi connectivity index (χ0n) is 11.0. The van der Waals surface area contributed by atoms with Crippen molar-refractivity contribution >= 4 is 0 Å². The average molecular weight is 236 g/mol. The van der Waals surface area contributed by atoms with E-state index < -0.39 is 0 Å². The molecule has 0 aromatic carbocycles. The second kappa shape index (κ2) is 6.22. The van der Waals surface area contributed by atoms with Crippen LogP contribution in [-0.2, 0) is 11.3 Å². The summed E-state index contributed by atoms with van der Waals surface area (Å²) in [4.78, 5) is 0. The molecular weight excluding hydrogens is 212 g/mol. The summed E-state index contributed by atoms with van der Waals surface area (Å²) in [5.74, 6) is 0.790. The molecule has 1 aliphatic heterocycles.